The predicted molar refractivity (Wildman–Crippen MR) is 146 cm³/mol. The summed E-state index contributed by atoms with van der Waals surface area (Å²) in [5, 5.41) is 34.2. The van der Waals surface area contributed by atoms with E-state index in [0.717, 1.165) is 11.1 Å². The topological polar surface area (TPSA) is 116 Å². The van der Waals surface area contributed by atoms with Crippen molar-refractivity contribution < 1.29 is 29.3 Å². The summed E-state index contributed by atoms with van der Waals surface area (Å²) in [4.78, 5) is 26.7. The largest absolute Gasteiger partial charge is 0.481 e. The van der Waals surface area contributed by atoms with Crippen LogP contribution >= 0.6 is 0 Å². The fraction of sp³-hybridized carbons (Fsp3) is 0.433. The molecule has 2 atom stereocenters. The normalized spacial score (nSPS) is 13.1. The van der Waals surface area contributed by atoms with Gasteiger partial charge in [-0.2, -0.15) is 5.10 Å². The van der Waals surface area contributed by atoms with Gasteiger partial charge in [-0.1, -0.05) is 44.2 Å². The highest BCUT2D eigenvalue weighted by Crippen LogP contribution is 2.30. The highest BCUT2D eigenvalue weighted by molar-refractivity contribution is 5.94. The van der Waals surface area contributed by atoms with Gasteiger partial charge in [-0.05, 0) is 68.9 Å². The molecule has 0 fully saturated rings. The van der Waals surface area contributed by atoms with Gasteiger partial charge in [0.1, 0.15) is 5.82 Å². The van der Waals surface area contributed by atoms with Crippen LogP contribution in [0.5, 0.6) is 0 Å². The fourth-order valence-electron chi connectivity index (χ4n) is 4.69. The van der Waals surface area contributed by atoms with E-state index in [1.54, 1.807) is 21.7 Å². The number of hydrogen-bond acceptors (Lipinski definition) is 5. The number of hydrogen-bond donors (Lipinski definition) is 3. The average Bonchev–Trinajstić information content (AvgIpc) is 3.26. The molecule has 1 amide bonds. The van der Waals surface area contributed by atoms with Crippen LogP contribution in [0.15, 0.2) is 54.6 Å². The Morgan fingerprint density at radius 1 is 0.974 bits per heavy atom. The molecular formula is C30H38FN3O5. The lowest BCUT2D eigenvalue weighted by molar-refractivity contribution is -0.139. The first kappa shape index (κ1) is 30.0. The maximum atomic E-state index is 14.0. The van der Waals surface area contributed by atoms with Crippen molar-refractivity contribution in [1.82, 2.24) is 14.7 Å². The molecule has 3 aromatic rings. The number of nitrogens with zero attached hydrogens (tertiary/aromatic N) is 3. The minimum atomic E-state index is -1.17. The Hall–Kier alpha value is -3.56. The van der Waals surface area contributed by atoms with E-state index in [2.05, 4.69) is 0 Å². The van der Waals surface area contributed by atoms with Gasteiger partial charge in [-0.25, -0.2) is 9.07 Å². The van der Waals surface area contributed by atoms with Crippen LogP contribution in [0.25, 0.3) is 5.69 Å². The van der Waals surface area contributed by atoms with Crippen LogP contribution in [0, 0.1) is 5.82 Å². The summed E-state index contributed by atoms with van der Waals surface area (Å²) in [5.74, 6) is -1.85. The summed E-state index contributed by atoms with van der Waals surface area (Å²) < 4.78 is 15.4. The second-order valence-electron chi connectivity index (χ2n) is 10.4. The van der Waals surface area contributed by atoms with Crippen LogP contribution in [0.1, 0.15) is 80.2 Å². The second kappa shape index (κ2) is 13.5. The van der Waals surface area contributed by atoms with Gasteiger partial charge in [0.05, 0.1) is 24.3 Å². The first-order chi connectivity index (χ1) is 18.5. The lowest BCUT2D eigenvalue weighted by atomic mass is 9.95. The number of amides is 1. The lowest BCUT2D eigenvalue weighted by Crippen LogP contribution is -2.37. The van der Waals surface area contributed by atoms with Gasteiger partial charge in [0, 0.05) is 23.8 Å². The third kappa shape index (κ3) is 7.97. The van der Waals surface area contributed by atoms with E-state index in [9.17, 15) is 24.2 Å². The summed E-state index contributed by atoms with van der Waals surface area (Å²) in [6.45, 7) is 8.25. The van der Waals surface area contributed by atoms with Gasteiger partial charge in [0.15, 0.2) is 5.69 Å². The number of carboxylic acids is 1. The molecule has 0 saturated heterocycles. The molecule has 8 nitrogen and oxygen atoms in total. The molecule has 0 bridgehead atoms. The number of aliphatic carboxylic acids is 1. The number of carbonyl (C=O) groups excluding carboxylic acids is 1. The van der Waals surface area contributed by atoms with Crippen molar-refractivity contribution in [2.45, 2.75) is 84.1 Å². The van der Waals surface area contributed by atoms with E-state index in [-0.39, 0.29) is 30.7 Å². The van der Waals surface area contributed by atoms with Crippen LogP contribution in [-0.2, 0) is 17.8 Å². The summed E-state index contributed by atoms with van der Waals surface area (Å²) in [7, 11) is 0. The second-order valence-corrected chi connectivity index (χ2v) is 10.4. The molecule has 0 spiro atoms. The van der Waals surface area contributed by atoms with Crippen molar-refractivity contribution >= 4 is 11.9 Å². The van der Waals surface area contributed by atoms with Crippen LogP contribution < -0.4 is 0 Å². The lowest BCUT2D eigenvalue weighted by Gasteiger charge is -2.27. The predicted octanol–water partition coefficient (Wildman–Crippen LogP) is 4.70. The fourth-order valence-corrected chi connectivity index (χ4v) is 4.69. The average molecular weight is 540 g/mol. The number of carboxylic acid groups (broad SMARTS) is 1. The van der Waals surface area contributed by atoms with Gasteiger partial charge in [0.2, 0.25) is 0 Å². The molecular weight excluding hydrogens is 501 g/mol. The third-order valence-corrected chi connectivity index (χ3v) is 6.62. The van der Waals surface area contributed by atoms with Crippen molar-refractivity contribution in [3.63, 3.8) is 0 Å². The number of aromatic nitrogens is 2. The number of halogens is 1. The quantitative estimate of drug-likeness (QED) is 0.290. The molecule has 1 heterocycles. The monoisotopic (exact) mass is 539 g/mol. The van der Waals surface area contributed by atoms with Crippen LogP contribution in [0.4, 0.5) is 4.39 Å². The van der Waals surface area contributed by atoms with E-state index < -0.39 is 30.4 Å². The van der Waals surface area contributed by atoms with E-state index in [0.29, 0.717) is 30.0 Å². The number of benzene rings is 2. The SMILES string of the molecule is CC(C)c1c(C(=O)N(Cc2ccccc2)C(C)C)nn(-c2ccc(F)cc2)c1CC[C@@H](O)C[C@@H](O)CC(=O)O. The zero-order valence-electron chi connectivity index (χ0n) is 22.9. The standard InChI is InChI=1S/C30H38FN3O5/c1-19(2)28-26(15-14-24(35)16-25(36)17-27(37)38)34(23-12-10-22(31)11-13-23)32-29(28)30(39)33(20(3)4)18-21-8-6-5-7-9-21/h5-13,19-20,24-25,35-36H,14-18H2,1-4H3,(H,37,38)/t24-,25-/m1/s1. The Labute approximate surface area is 228 Å². The minimum absolute atomic E-state index is 0.0853. The molecule has 0 radical (unpaired) electrons. The molecule has 0 unspecified atom stereocenters. The van der Waals surface area contributed by atoms with Crippen LogP contribution in [0.3, 0.4) is 0 Å². The summed E-state index contributed by atoms with van der Waals surface area (Å²) >= 11 is 0. The number of aliphatic hydroxyl groups is 2. The summed E-state index contributed by atoms with van der Waals surface area (Å²) in [6.07, 6.45) is -2.13. The van der Waals surface area contributed by atoms with E-state index >= 15 is 0 Å². The van der Waals surface area contributed by atoms with Crippen molar-refractivity contribution in [3.05, 3.63) is 82.9 Å². The Bertz CT molecular complexity index is 1240. The molecule has 0 aliphatic rings. The molecule has 210 valence electrons. The zero-order valence-corrected chi connectivity index (χ0v) is 22.9. The summed E-state index contributed by atoms with van der Waals surface area (Å²) in [6, 6.07) is 15.4. The van der Waals surface area contributed by atoms with Gasteiger partial charge in [0.25, 0.3) is 5.91 Å². The zero-order chi connectivity index (χ0) is 28.7. The van der Waals surface area contributed by atoms with Crippen LogP contribution in [0.2, 0.25) is 0 Å². The molecule has 9 heteroatoms. The Balaban J connectivity index is 2.01. The molecule has 0 aliphatic carbocycles. The first-order valence-corrected chi connectivity index (χ1v) is 13.3. The third-order valence-electron chi connectivity index (χ3n) is 6.62. The molecule has 1 aromatic heterocycles. The molecule has 3 N–H and O–H groups in total. The molecule has 0 saturated carbocycles. The van der Waals surface area contributed by atoms with E-state index in [1.807, 2.05) is 58.0 Å². The van der Waals surface area contributed by atoms with Gasteiger partial charge in [-0.15, -0.1) is 0 Å². The Kier molecular flexibility index (Phi) is 10.4. The summed E-state index contributed by atoms with van der Waals surface area (Å²) in [5.41, 5.74) is 3.31. The van der Waals surface area contributed by atoms with Crippen molar-refractivity contribution in [3.8, 4) is 5.69 Å². The van der Waals surface area contributed by atoms with Gasteiger partial charge in [-0.3, -0.25) is 9.59 Å². The van der Waals surface area contributed by atoms with Crippen molar-refractivity contribution in [2.24, 2.45) is 0 Å². The van der Waals surface area contributed by atoms with Crippen molar-refractivity contribution in [2.75, 3.05) is 0 Å². The van der Waals surface area contributed by atoms with E-state index in [1.165, 1.54) is 12.1 Å². The molecule has 39 heavy (non-hydrogen) atoms. The van der Waals surface area contributed by atoms with Gasteiger partial charge < -0.3 is 20.2 Å². The van der Waals surface area contributed by atoms with Crippen molar-refractivity contribution in [1.29, 1.82) is 0 Å². The van der Waals surface area contributed by atoms with E-state index in [4.69, 9.17) is 10.2 Å². The number of carbonyl (C=O) groups is 2. The highest BCUT2D eigenvalue weighted by atomic mass is 19.1. The minimum Gasteiger partial charge on any atom is -0.481 e. The smallest absolute Gasteiger partial charge is 0.305 e. The first-order valence-electron chi connectivity index (χ1n) is 13.3. The maximum Gasteiger partial charge on any atom is 0.305 e. The Morgan fingerprint density at radius 2 is 1.62 bits per heavy atom. The maximum absolute atomic E-state index is 14.0. The number of aliphatic hydroxyl groups excluding tert-OH is 2. The molecule has 2 aromatic carbocycles. The van der Waals surface area contributed by atoms with Gasteiger partial charge >= 0.3 is 5.97 Å². The highest BCUT2D eigenvalue weighted by Gasteiger charge is 2.30. The Morgan fingerprint density at radius 3 is 2.18 bits per heavy atom. The molecule has 3 rings (SSSR count). The number of rotatable bonds is 13. The van der Waals surface area contributed by atoms with Crippen LogP contribution in [-0.4, -0.2) is 60.1 Å². The molecule has 0 aliphatic heterocycles.